The number of nitrogens with zero attached hydrogens (tertiary/aromatic N) is 1. The Balaban J connectivity index is 0.00000256. The normalized spacial score (nSPS) is 12.8. The molecule has 0 bridgehead atoms. The summed E-state index contributed by atoms with van der Waals surface area (Å²) in [5.41, 5.74) is 0. The van der Waals surface area contributed by atoms with Crippen molar-refractivity contribution in [2.75, 3.05) is 34.8 Å². The smallest absolute Gasteiger partial charge is 0.181 e. The summed E-state index contributed by atoms with van der Waals surface area (Å²) in [6.07, 6.45) is 0. The molecule has 1 heterocycles. The summed E-state index contributed by atoms with van der Waals surface area (Å²) in [7, 11) is 7.91. The minimum atomic E-state index is 0. The lowest BCUT2D eigenvalue weighted by Gasteiger charge is -2.26. The van der Waals surface area contributed by atoms with Crippen LogP contribution in [0.3, 0.4) is 0 Å². The van der Waals surface area contributed by atoms with Gasteiger partial charge in [0.1, 0.15) is 0 Å². The van der Waals surface area contributed by atoms with Crippen LogP contribution in [0.5, 0.6) is 5.06 Å². The molecule has 5 heteroatoms. The van der Waals surface area contributed by atoms with Crippen LogP contribution in [0.1, 0.15) is 16.6 Å². The highest BCUT2D eigenvalue weighted by atomic mass is 127. The third kappa shape index (κ3) is 5.35. The molecule has 0 saturated heterocycles. The van der Waals surface area contributed by atoms with Crippen molar-refractivity contribution >= 4 is 17.1 Å². The number of ketones is 1. The van der Waals surface area contributed by atoms with Crippen LogP contribution >= 0.6 is 11.3 Å². The van der Waals surface area contributed by atoms with Crippen molar-refractivity contribution in [3.05, 3.63) is 17.0 Å². The minimum absolute atomic E-state index is 0. The van der Waals surface area contributed by atoms with E-state index in [2.05, 4.69) is 21.1 Å². The number of carbonyl (C=O) groups is 1. The van der Waals surface area contributed by atoms with Gasteiger partial charge in [-0.3, -0.25) is 4.79 Å². The van der Waals surface area contributed by atoms with E-state index in [4.69, 9.17) is 4.74 Å². The Morgan fingerprint density at radius 1 is 1.41 bits per heavy atom. The van der Waals surface area contributed by atoms with Gasteiger partial charge in [0.2, 0.25) is 0 Å². The largest absolute Gasteiger partial charge is 1.00 e. The van der Waals surface area contributed by atoms with E-state index in [1.807, 2.05) is 19.1 Å². The van der Waals surface area contributed by atoms with Gasteiger partial charge < -0.3 is 33.2 Å². The van der Waals surface area contributed by atoms with E-state index in [1.54, 1.807) is 7.11 Å². The van der Waals surface area contributed by atoms with E-state index < -0.39 is 0 Å². The standard InChI is InChI=1S/C12H20NO2S.HI/c1-9(8-13(2,3)4)12(14)10-6-7-11(15-5)16-10;/h6-7,9H,8H2,1-5H3;1H/q+1;/p-1. The number of quaternary nitrogens is 1. The molecule has 0 aliphatic rings. The van der Waals surface area contributed by atoms with Crippen molar-refractivity contribution in [2.45, 2.75) is 6.92 Å². The lowest BCUT2D eigenvalue weighted by molar-refractivity contribution is -0.872. The molecule has 0 saturated carbocycles. The number of Topliss-reactive ketones (excluding diaryl/α,β-unsaturated/α-hetero) is 1. The number of halogens is 1. The number of hydrogen-bond donors (Lipinski definition) is 0. The molecule has 0 fully saturated rings. The van der Waals surface area contributed by atoms with Crippen LogP contribution in [0.15, 0.2) is 12.1 Å². The summed E-state index contributed by atoms with van der Waals surface area (Å²) in [6.45, 7) is 2.83. The summed E-state index contributed by atoms with van der Waals surface area (Å²) >= 11 is 1.42. The van der Waals surface area contributed by atoms with Gasteiger partial charge in [0.05, 0.1) is 45.6 Å². The molecule has 0 aliphatic heterocycles. The molecule has 0 aromatic carbocycles. The first kappa shape index (κ1) is 16.9. The Kier molecular flexibility index (Phi) is 6.65. The third-order valence-corrected chi connectivity index (χ3v) is 3.36. The van der Waals surface area contributed by atoms with Gasteiger partial charge in [0.15, 0.2) is 10.8 Å². The maximum Gasteiger partial charge on any atom is 0.181 e. The van der Waals surface area contributed by atoms with Gasteiger partial charge in [-0.15, -0.1) is 0 Å². The van der Waals surface area contributed by atoms with Gasteiger partial charge in [-0.2, -0.15) is 0 Å². The first-order chi connectivity index (χ1) is 7.33. The zero-order valence-electron chi connectivity index (χ0n) is 11.0. The van der Waals surface area contributed by atoms with Crippen molar-refractivity contribution in [2.24, 2.45) is 5.92 Å². The van der Waals surface area contributed by atoms with E-state index >= 15 is 0 Å². The first-order valence-electron chi connectivity index (χ1n) is 5.32. The van der Waals surface area contributed by atoms with Crippen LogP contribution in [0, 0.1) is 5.92 Å². The van der Waals surface area contributed by atoms with Gasteiger partial charge in [-0.25, -0.2) is 0 Å². The summed E-state index contributed by atoms with van der Waals surface area (Å²) in [5, 5.41) is 0.792. The fraction of sp³-hybridized carbons (Fsp3) is 0.583. The second-order valence-corrected chi connectivity index (χ2v) is 6.11. The molecule has 0 aliphatic carbocycles. The molecular weight excluding hydrogens is 349 g/mol. The number of carbonyl (C=O) groups excluding carboxylic acids is 1. The van der Waals surface area contributed by atoms with Crippen molar-refractivity contribution < 1.29 is 38.0 Å². The number of hydrogen-bond acceptors (Lipinski definition) is 3. The number of thiophene rings is 1. The van der Waals surface area contributed by atoms with E-state index in [-0.39, 0.29) is 35.7 Å². The van der Waals surface area contributed by atoms with Gasteiger partial charge >= 0.3 is 0 Å². The van der Waals surface area contributed by atoms with E-state index in [1.165, 1.54) is 11.3 Å². The van der Waals surface area contributed by atoms with Crippen LogP contribution in [0.2, 0.25) is 0 Å². The van der Waals surface area contributed by atoms with Crippen LogP contribution in [-0.4, -0.2) is 45.1 Å². The van der Waals surface area contributed by atoms with Crippen LogP contribution in [0.4, 0.5) is 0 Å². The lowest BCUT2D eigenvalue weighted by Crippen LogP contribution is -3.00. The molecule has 98 valence electrons. The Morgan fingerprint density at radius 3 is 2.41 bits per heavy atom. The predicted molar refractivity (Wildman–Crippen MR) is 67.3 cm³/mol. The first-order valence-corrected chi connectivity index (χ1v) is 6.13. The fourth-order valence-electron chi connectivity index (χ4n) is 1.71. The second-order valence-electron chi connectivity index (χ2n) is 5.06. The molecule has 1 rings (SSSR count). The molecule has 17 heavy (non-hydrogen) atoms. The third-order valence-electron chi connectivity index (χ3n) is 2.29. The van der Waals surface area contributed by atoms with Gasteiger partial charge in [0, 0.05) is 0 Å². The molecule has 1 unspecified atom stereocenters. The Labute approximate surface area is 124 Å². The predicted octanol–water partition coefficient (Wildman–Crippen LogP) is -0.714. The Hall–Kier alpha value is -0.140. The van der Waals surface area contributed by atoms with Crippen LogP contribution < -0.4 is 28.7 Å². The van der Waals surface area contributed by atoms with E-state index in [9.17, 15) is 4.79 Å². The highest BCUT2D eigenvalue weighted by Crippen LogP contribution is 2.26. The Bertz CT molecular complexity index is 371. The minimum Gasteiger partial charge on any atom is -1.00 e. The molecule has 0 radical (unpaired) electrons. The molecule has 1 aromatic rings. The van der Waals surface area contributed by atoms with Crippen molar-refractivity contribution in [3.8, 4) is 5.06 Å². The van der Waals surface area contributed by atoms with E-state index in [0.717, 1.165) is 21.0 Å². The molecule has 1 aromatic heterocycles. The molecule has 3 nitrogen and oxygen atoms in total. The maximum atomic E-state index is 12.1. The monoisotopic (exact) mass is 369 g/mol. The molecular formula is C12H20INO2S. The SMILES string of the molecule is COc1ccc(C(=O)C(C)C[N+](C)(C)C)s1.[I-]. The molecule has 0 amide bonds. The summed E-state index contributed by atoms with van der Waals surface area (Å²) in [5.74, 6) is 0.254. The number of ether oxygens (including phenoxy) is 1. The van der Waals surface area contributed by atoms with Crippen molar-refractivity contribution in [1.29, 1.82) is 0 Å². The van der Waals surface area contributed by atoms with Crippen LogP contribution in [0.25, 0.3) is 0 Å². The topological polar surface area (TPSA) is 26.3 Å². The fourth-order valence-corrected chi connectivity index (χ4v) is 2.58. The quantitative estimate of drug-likeness (QED) is 0.389. The van der Waals surface area contributed by atoms with E-state index in [0.29, 0.717) is 0 Å². The Morgan fingerprint density at radius 2 is 2.00 bits per heavy atom. The van der Waals surface area contributed by atoms with Crippen molar-refractivity contribution in [1.82, 2.24) is 0 Å². The molecule has 0 spiro atoms. The van der Waals surface area contributed by atoms with Crippen LogP contribution in [-0.2, 0) is 0 Å². The molecule has 0 N–H and O–H groups in total. The van der Waals surface area contributed by atoms with Gasteiger partial charge in [-0.1, -0.05) is 11.3 Å². The molecule has 1 atom stereocenters. The zero-order chi connectivity index (χ0) is 12.3. The zero-order valence-corrected chi connectivity index (χ0v) is 14.0. The summed E-state index contributed by atoms with van der Waals surface area (Å²) in [4.78, 5) is 12.9. The summed E-state index contributed by atoms with van der Waals surface area (Å²) in [6, 6.07) is 3.69. The van der Waals surface area contributed by atoms with Crippen molar-refractivity contribution in [3.63, 3.8) is 0 Å². The lowest BCUT2D eigenvalue weighted by atomic mass is 10.0. The van der Waals surface area contributed by atoms with Gasteiger partial charge in [0.25, 0.3) is 0 Å². The average Bonchev–Trinajstić information content (AvgIpc) is 2.61. The number of rotatable bonds is 5. The highest BCUT2D eigenvalue weighted by molar-refractivity contribution is 7.15. The van der Waals surface area contributed by atoms with Gasteiger partial charge in [-0.05, 0) is 19.1 Å². The summed E-state index contributed by atoms with van der Waals surface area (Å²) < 4.78 is 5.89. The maximum absolute atomic E-state index is 12.1. The average molecular weight is 369 g/mol. The second kappa shape index (κ2) is 6.70. The highest BCUT2D eigenvalue weighted by Gasteiger charge is 2.23. The number of methoxy groups -OCH3 is 1.